The van der Waals surface area contributed by atoms with Crippen LogP contribution >= 0.6 is 23.1 Å². The summed E-state index contributed by atoms with van der Waals surface area (Å²) in [6.45, 7) is 3.92. The minimum Gasteiger partial charge on any atom is -0.491 e. The zero-order valence-electron chi connectivity index (χ0n) is 18.0. The monoisotopic (exact) mass is 467 g/mol. The Bertz CT molecular complexity index is 1080. The van der Waals surface area contributed by atoms with Crippen LogP contribution in [-0.4, -0.2) is 34.7 Å². The van der Waals surface area contributed by atoms with Gasteiger partial charge in [0.25, 0.3) is 5.91 Å². The Balaban J connectivity index is 1.49. The maximum atomic E-state index is 12.9. The molecule has 1 fully saturated rings. The number of benzene rings is 2. The highest BCUT2D eigenvalue weighted by Gasteiger charge is 2.23. The van der Waals surface area contributed by atoms with Gasteiger partial charge < -0.3 is 15.4 Å². The Morgan fingerprint density at radius 3 is 2.50 bits per heavy atom. The minimum absolute atomic E-state index is 0.0169. The molecule has 0 unspecified atom stereocenters. The van der Waals surface area contributed by atoms with E-state index in [1.54, 1.807) is 24.3 Å². The van der Waals surface area contributed by atoms with Crippen LogP contribution in [-0.2, 0) is 4.79 Å². The van der Waals surface area contributed by atoms with E-state index in [0.29, 0.717) is 28.1 Å². The summed E-state index contributed by atoms with van der Waals surface area (Å²) < 4.78 is 6.39. The van der Waals surface area contributed by atoms with E-state index in [0.717, 1.165) is 28.5 Å². The molecule has 0 radical (unpaired) electrons. The Labute approximate surface area is 195 Å². The average molecular weight is 468 g/mol. The van der Waals surface area contributed by atoms with Crippen LogP contribution in [0.15, 0.2) is 58.9 Å². The zero-order valence-corrected chi connectivity index (χ0v) is 19.6. The molecule has 2 aromatic carbocycles. The summed E-state index contributed by atoms with van der Waals surface area (Å²) in [5.74, 6) is 0.832. The largest absolute Gasteiger partial charge is 0.491 e. The molecule has 1 aliphatic rings. The number of nitrogens with one attached hydrogen (secondary N) is 2. The molecule has 4 rings (SSSR count). The van der Waals surface area contributed by atoms with Gasteiger partial charge in [-0.3, -0.25) is 9.59 Å². The van der Waals surface area contributed by atoms with Crippen LogP contribution in [0.25, 0.3) is 11.3 Å². The molecule has 1 aliphatic carbocycles. The molecule has 166 valence electrons. The number of carbonyl (C=O) groups is 2. The number of hydrogen-bond acceptors (Lipinski definition) is 6. The third-order valence-electron chi connectivity index (χ3n) is 4.64. The summed E-state index contributed by atoms with van der Waals surface area (Å²) >= 11 is 2.77. The van der Waals surface area contributed by atoms with Gasteiger partial charge in [0.2, 0.25) is 5.91 Å². The second-order valence-corrected chi connectivity index (χ2v) is 10.0. The van der Waals surface area contributed by atoms with E-state index in [1.165, 1.54) is 23.1 Å². The molecular weight excluding hydrogens is 442 g/mol. The van der Waals surface area contributed by atoms with E-state index in [-0.39, 0.29) is 17.9 Å². The number of aromatic nitrogens is 1. The lowest BCUT2D eigenvalue weighted by molar-refractivity contribution is -0.118. The summed E-state index contributed by atoms with van der Waals surface area (Å²) in [5, 5.41) is 6.64. The van der Waals surface area contributed by atoms with E-state index in [1.807, 2.05) is 44.2 Å². The van der Waals surface area contributed by atoms with E-state index < -0.39 is 0 Å². The molecule has 32 heavy (non-hydrogen) atoms. The Kier molecular flexibility index (Phi) is 7.12. The highest BCUT2D eigenvalue weighted by molar-refractivity contribution is 8.01. The molecule has 0 spiro atoms. The summed E-state index contributed by atoms with van der Waals surface area (Å²) in [6.07, 6.45) is 2.20. The van der Waals surface area contributed by atoms with Crippen LogP contribution < -0.4 is 15.4 Å². The summed E-state index contributed by atoms with van der Waals surface area (Å²) in [5.41, 5.74) is 2.15. The number of hydrogen-bond donors (Lipinski definition) is 2. The van der Waals surface area contributed by atoms with E-state index in [2.05, 4.69) is 10.6 Å². The highest BCUT2D eigenvalue weighted by Crippen LogP contribution is 2.38. The van der Waals surface area contributed by atoms with Crippen molar-refractivity contribution in [2.45, 2.75) is 43.2 Å². The maximum absolute atomic E-state index is 12.9. The molecule has 2 amide bonds. The Morgan fingerprint density at radius 1 is 1.12 bits per heavy atom. The molecule has 2 N–H and O–H groups in total. The SMILES string of the molecule is CC(C)Oc1ccc(C(=O)Nc2sc(SCC(=O)NC3CC3)nc2-c2ccccc2)cc1. The smallest absolute Gasteiger partial charge is 0.256 e. The molecule has 1 aromatic heterocycles. The number of anilines is 1. The second kappa shape index (κ2) is 10.2. The number of rotatable bonds is 9. The van der Waals surface area contributed by atoms with Crippen molar-refractivity contribution < 1.29 is 14.3 Å². The van der Waals surface area contributed by atoms with Crippen molar-refractivity contribution in [3.63, 3.8) is 0 Å². The minimum atomic E-state index is -0.218. The van der Waals surface area contributed by atoms with Gasteiger partial charge in [-0.05, 0) is 51.0 Å². The number of amides is 2. The first-order valence-corrected chi connectivity index (χ1v) is 12.3. The molecule has 1 saturated carbocycles. The highest BCUT2D eigenvalue weighted by atomic mass is 32.2. The fourth-order valence-corrected chi connectivity index (χ4v) is 4.87. The van der Waals surface area contributed by atoms with E-state index >= 15 is 0 Å². The van der Waals surface area contributed by atoms with Gasteiger partial charge in [-0.25, -0.2) is 4.98 Å². The van der Waals surface area contributed by atoms with Gasteiger partial charge >= 0.3 is 0 Å². The van der Waals surface area contributed by atoms with Crippen molar-refractivity contribution in [2.75, 3.05) is 11.1 Å². The van der Waals surface area contributed by atoms with Crippen LogP contribution in [0, 0.1) is 0 Å². The lowest BCUT2D eigenvalue weighted by Crippen LogP contribution is -2.26. The summed E-state index contributed by atoms with van der Waals surface area (Å²) in [4.78, 5) is 29.6. The summed E-state index contributed by atoms with van der Waals surface area (Å²) in [7, 11) is 0. The number of ether oxygens (including phenoxy) is 1. The first kappa shape index (κ1) is 22.4. The van der Waals surface area contributed by atoms with Crippen molar-refractivity contribution in [3.05, 3.63) is 60.2 Å². The van der Waals surface area contributed by atoms with Gasteiger partial charge in [0.15, 0.2) is 4.34 Å². The molecule has 6 nitrogen and oxygen atoms in total. The quantitative estimate of drug-likeness (QED) is 0.422. The lowest BCUT2D eigenvalue weighted by Gasteiger charge is -2.10. The van der Waals surface area contributed by atoms with Crippen LogP contribution in [0.1, 0.15) is 37.0 Å². The fraction of sp³-hybridized carbons (Fsp3) is 0.292. The Morgan fingerprint density at radius 2 is 1.84 bits per heavy atom. The molecule has 0 aliphatic heterocycles. The topological polar surface area (TPSA) is 80.3 Å². The van der Waals surface area contributed by atoms with Gasteiger partial charge in [0.1, 0.15) is 16.4 Å². The van der Waals surface area contributed by atoms with Crippen molar-refractivity contribution in [1.82, 2.24) is 10.3 Å². The van der Waals surface area contributed by atoms with Gasteiger partial charge in [-0.2, -0.15) is 0 Å². The van der Waals surface area contributed by atoms with Gasteiger partial charge in [0.05, 0.1) is 11.9 Å². The molecule has 0 bridgehead atoms. The third-order valence-corrected chi connectivity index (χ3v) is 6.75. The number of nitrogens with zero attached hydrogens (tertiary/aromatic N) is 1. The maximum Gasteiger partial charge on any atom is 0.256 e. The van der Waals surface area contributed by atoms with Crippen molar-refractivity contribution in [1.29, 1.82) is 0 Å². The second-order valence-electron chi connectivity index (χ2n) is 7.80. The molecule has 0 saturated heterocycles. The van der Waals surface area contributed by atoms with Crippen LogP contribution in [0.3, 0.4) is 0 Å². The van der Waals surface area contributed by atoms with Gasteiger partial charge in [-0.15, -0.1) is 0 Å². The van der Waals surface area contributed by atoms with Crippen LogP contribution in [0.2, 0.25) is 0 Å². The molecule has 1 heterocycles. The first-order valence-electron chi connectivity index (χ1n) is 10.5. The number of thioether (sulfide) groups is 1. The fourth-order valence-electron chi connectivity index (χ4n) is 3.00. The van der Waals surface area contributed by atoms with Crippen molar-refractivity contribution in [2.24, 2.45) is 0 Å². The van der Waals surface area contributed by atoms with E-state index in [9.17, 15) is 9.59 Å². The predicted octanol–water partition coefficient (Wildman–Crippen LogP) is 5.22. The standard InChI is InChI=1S/C24H25N3O3S2/c1-15(2)30-19-12-8-17(9-13-19)22(29)27-23-21(16-6-4-3-5-7-16)26-24(32-23)31-14-20(28)25-18-10-11-18/h3-9,12-13,15,18H,10-11,14H2,1-2H3,(H,25,28)(H,27,29). The van der Waals surface area contributed by atoms with Crippen molar-refractivity contribution >= 4 is 39.9 Å². The third kappa shape index (κ3) is 6.11. The lowest BCUT2D eigenvalue weighted by atomic mass is 10.1. The van der Waals surface area contributed by atoms with Crippen LogP contribution in [0.5, 0.6) is 5.75 Å². The molecular formula is C24H25N3O3S2. The normalized spacial score (nSPS) is 13.1. The molecule has 3 aromatic rings. The number of thiazole rings is 1. The Hall–Kier alpha value is -2.84. The van der Waals surface area contributed by atoms with Crippen LogP contribution in [0.4, 0.5) is 5.00 Å². The average Bonchev–Trinajstić information content (AvgIpc) is 3.50. The summed E-state index contributed by atoms with van der Waals surface area (Å²) in [6, 6.07) is 17.1. The molecule has 0 atom stereocenters. The predicted molar refractivity (Wildman–Crippen MR) is 130 cm³/mol. The van der Waals surface area contributed by atoms with Gasteiger partial charge in [-0.1, -0.05) is 53.4 Å². The molecule has 8 heteroatoms. The van der Waals surface area contributed by atoms with Crippen molar-refractivity contribution in [3.8, 4) is 17.0 Å². The zero-order chi connectivity index (χ0) is 22.5. The van der Waals surface area contributed by atoms with Gasteiger partial charge in [0, 0.05) is 17.2 Å². The van der Waals surface area contributed by atoms with E-state index in [4.69, 9.17) is 9.72 Å². The number of carbonyl (C=O) groups excluding carboxylic acids is 2. The first-order chi connectivity index (χ1) is 15.5.